The van der Waals surface area contributed by atoms with Crippen molar-refractivity contribution in [2.75, 3.05) is 5.32 Å². The van der Waals surface area contributed by atoms with Gasteiger partial charge >= 0.3 is 6.18 Å². The van der Waals surface area contributed by atoms with Crippen molar-refractivity contribution in [1.82, 2.24) is 0 Å². The van der Waals surface area contributed by atoms with E-state index in [-0.39, 0.29) is 12.0 Å². The van der Waals surface area contributed by atoms with Crippen LogP contribution < -0.4 is 5.32 Å². The quantitative estimate of drug-likeness (QED) is 0.871. The number of hydrogen-bond donors (Lipinski definition) is 1. The van der Waals surface area contributed by atoms with Crippen molar-refractivity contribution in [3.63, 3.8) is 0 Å². The second-order valence-corrected chi connectivity index (χ2v) is 4.50. The fraction of sp³-hybridized carbons (Fsp3) is 0.462. The highest BCUT2D eigenvalue weighted by atomic mass is 19.4. The Morgan fingerprint density at radius 2 is 2.06 bits per heavy atom. The summed E-state index contributed by atoms with van der Waals surface area (Å²) >= 11 is 0. The predicted molar refractivity (Wildman–Crippen MR) is 61.8 cm³/mol. The van der Waals surface area contributed by atoms with Gasteiger partial charge in [0.25, 0.3) is 0 Å². The van der Waals surface area contributed by atoms with E-state index < -0.39 is 11.7 Å². The molecule has 2 rings (SSSR count). The Morgan fingerprint density at radius 1 is 1.28 bits per heavy atom. The number of nitrogens with zero attached hydrogens (tertiary/aromatic N) is 1. The van der Waals surface area contributed by atoms with Gasteiger partial charge in [0.1, 0.15) is 0 Å². The SMILES string of the molecule is N#CC1CCCC1Nc1cccc(C(F)(F)F)c1. The van der Waals surface area contributed by atoms with Crippen LogP contribution in [0, 0.1) is 17.2 Å². The standard InChI is InChI=1S/C13H13F3N2/c14-13(15,16)10-4-2-5-11(7-10)18-12-6-1-3-9(12)8-17/h2,4-5,7,9,12,18H,1,3,6H2. The van der Waals surface area contributed by atoms with E-state index in [4.69, 9.17) is 5.26 Å². The van der Waals surface area contributed by atoms with Crippen LogP contribution in [0.5, 0.6) is 0 Å². The highest BCUT2D eigenvalue weighted by Crippen LogP contribution is 2.32. The number of rotatable bonds is 2. The summed E-state index contributed by atoms with van der Waals surface area (Å²) < 4.78 is 37.6. The van der Waals surface area contributed by atoms with Gasteiger partial charge in [-0.15, -0.1) is 0 Å². The van der Waals surface area contributed by atoms with Gasteiger partial charge in [0.05, 0.1) is 17.6 Å². The lowest BCUT2D eigenvalue weighted by molar-refractivity contribution is -0.137. The average molecular weight is 254 g/mol. The summed E-state index contributed by atoms with van der Waals surface area (Å²) in [6.07, 6.45) is -1.75. The van der Waals surface area contributed by atoms with Crippen LogP contribution in [0.25, 0.3) is 0 Å². The Balaban J connectivity index is 2.13. The summed E-state index contributed by atoms with van der Waals surface area (Å²) in [5.41, 5.74) is -0.240. The van der Waals surface area contributed by atoms with Crippen molar-refractivity contribution in [2.45, 2.75) is 31.5 Å². The maximum atomic E-state index is 12.5. The second kappa shape index (κ2) is 4.89. The van der Waals surface area contributed by atoms with Crippen LogP contribution in [0.1, 0.15) is 24.8 Å². The van der Waals surface area contributed by atoms with E-state index in [1.54, 1.807) is 6.07 Å². The van der Waals surface area contributed by atoms with E-state index in [9.17, 15) is 13.2 Å². The summed E-state index contributed by atoms with van der Waals surface area (Å²) in [6, 6.07) is 7.26. The van der Waals surface area contributed by atoms with Gasteiger partial charge in [-0.3, -0.25) is 0 Å². The van der Waals surface area contributed by atoms with Crippen molar-refractivity contribution >= 4 is 5.69 Å². The number of alkyl halides is 3. The lowest BCUT2D eigenvalue weighted by Crippen LogP contribution is -2.23. The first kappa shape index (κ1) is 12.7. The first-order valence-electron chi connectivity index (χ1n) is 5.84. The van der Waals surface area contributed by atoms with Crippen molar-refractivity contribution in [3.05, 3.63) is 29.8 Å². The monoisotopic (exact) mass is 254 g/mol. The third-order valence-corrected chi connectivity index (χ3v) is 3.22. The largest absolute Gasteiger partial charge is 0.416 e. The predicted octanol–water partition coefficient (Wildman–Crippen LogP) is 3.81. The summed E-state index contributed by atoms with van der Waals surface area (Å²) in [4.78, 5) is 0. The van der Waals surface area contributed by atoms with Crippen LogP contribution in [-0.4, -0.2) is 6.04 Å². The van der Waals surface area contributed by atoms with Crippen LogP contribution in [0.3, 0.4) is 0 Å². The molecular formula is C13H13F3N2. The Labute approximate surface area is 103 Å². The maximum Gasteiger partial charge on any atom is 0.416 e. The molecule has 0 amide bonds. The average Bonchev–Trinajstić information content (AvgIpc) is 2.75. The Hall–Kier alpha value is -1.70. The van der Waals surface area contributed by atoms with Gasteiger partial charge < -0.3 is 5.32 Å². The minimum absolute atomic E-state index is 0.0431. The lowest BCUT2D eigenvalue weighted by Gasteiger charge is -2.18. The topological polar surface area (TPSA) is 35.8 Å². The van der Waals surface area contributed by atoms with E-state index in [0.717, 1.165) is 31.4 Å². The number of hydrogen-bond acceptors (Lipinski definition) is 2. The van der Waals surface area contributed by atoms with Crippen LogP contribution in [-0.2, 0) is 6.18 Å². The maximum absolute atomic E-state index is 12.5. The van der Waals surface area contributed by atoms with Gasteiger partial charge in [0.15, 0.2) is 0 Å². The normalized spacial score (nSPS) is 23.7. The summed E-state index contributed by atoms with van der Waals surface area (Å²) in [7, 11) is 0. The highest BCUT2D eigenvalue weighted by molar-refractivity contribution is 5.47. The minimum atomic E-state index is -4.33. The molecule has 1 aliphatic rings. The van der Waals surface area contributed by atoms with E-state index in [0.29, 0.717) is 5.69 Å². The highest BCUT2D eigenvalue weighted by Gasteiger charge is 2.31. The number of nitriles is 1. The number of anilines is 1. The molecule has 1 aliphatic carbocycles. The molecule has 0 heterocycles. The first-order chi connectivity index (χ1) is 8.50. The number of halogens is 3. The fourth-order valence-corrected chi connectivity index (χ4v) is 2.29. The number of nitrogens with one attached hydrogen (secondary N) is 1. The molecule has 0 aromatic heterocycles. The molecule has 2 nitrogen and oxygen atoms in total. The molecule has 0 bridgehead atoms. The molecule has 96 valence electrons. The molecular weight excluding hydrogens is 241 g/mol. The minimum Gasteiger partial charge on any atom is -0.381 e. The van der Waals surface area contributed by atoms with Crippen LogP contribution in [0.2, 0.25) is 0 Å². The summed E-state index contributed by atoms with van der Waals surface area (Å²) in [5, 5.41) is 12.0. The molecule has 0 aliphatic heterocycles. The van der Waals surface area contributed by atoms with Gasteiger partial charge in [0.2, 0.25) is 0 Å². The third-order valence-electron chi connectivity index (χ3n) is 3.22. The van der Waals surface area contributed by atoms with E-state index >= 15 is 0 Å². The van der Waals surface area contributed by atoms with Crippen molar-refractivity contribution < 1.29 is 13.2 Å². The van der Waals surface area contributed by atoms with Crippen LogP contribution >= 0.6 is 0 Å². The zero-order chi connectivity index (χ0) is 13.2. The van der Waals surface area contributed by atoms with Crippen molar-refractivity contribution in [2.24, 2.45) is 5.92 Å². The number of benzene rings is 1. The van der Waals surface area contributed by atoms with Crippen LogP contribution in [0.15, 0.2) is 24.3 Å². The van der Waals surface area contributed by atoms with E-state index in [1.807, 2.05) is 0 Å². The molecule has 1 aromatic rings. The molecule has 0 radical (unpaired) electrons. The Bertz CT molecular complexity index is 462. The molecule has 2 atom stereocenters. The van der Waals surface area contributed by atoms with Crippen LogP contribution in [0.4, 0.5) is 18.9 Å². The molecule has 1 saturated carbocycles. The zero-order valence-corrected chi connectivity index (χ0v) is 9.67. The molecule has 0 spiro atoms. The first-order valence-corrected chi connectivity index (χ1v) is 5.84. The van der Waals surface area contributed by atoms with Crippen molar-refractivity contribution in [1.29, 1.82) is 5.26 Å². The molecule has 2 unspecified atom stereocenters. The Morgan fingerprint density at radius 3 is 2.72 bits per heavy atom. The van der Waals surface area contributed by atoms with Gasteiger partial charge in [-0.25, -0.2) is 0 Å². The second-order valence-electron chi connectivity index (χ2n) is 4.50. The molecule has 1 N–H and O–H groups in total. The smallest absolute Gasteiger partial charge is 0.381 e. The molecule has 0 saturated heterocycles. The van der Waals surface area contributed by atoms with Crippen molar-refractivity contribution in [3.8, 4) is 6.07 Å². The summed E-state index contributed by atoms with van der Waals surface area (Å²) in [6.45, 7) is 0. The van der Waals surface area contributed by atoms with Gasteiger partial charge in [0, 0.05) is 11.7 Å². The third kappa shape index (κ3) is 2.76. The lowest BCUT2D eigenvalue weighted by atomic mass is 10.1. The molecule has 5 heteroatoms. The van der Waals surface area contributed by atoms with E-state index in [2.05, 4.69) is 11.4 Å². The van der Waals surface area contributed by atoms with E-state index in [1.165, 1.54) is 6.07 Å². The van der Waals surface area contributed by atoms with Gasteiger partial charge in [-0.05, 0) is 37.5 Å². The summed E-state index contributed by atoms with van der Waals surface area (Å²) in [5.74, 6) is -0.112. The van der Waals surface area contributed by atoms with Gasteiger partial charge in [-0.2, -0.15) is 18.4 Å². The Kier molecular flexibility index (Phi) is 3.46. The molecule has 18 heavy (non-hydrogen) atoms. The fourth-order valence-electron chi connectivity index (χ4n) is 2.29. The molecule has 1 aromatic carbocycles. The molecule has 1 fully saturated rings. The van der Waals surface area contributed by atoms with Gasteiger partial charge in [-0.1, -0.05) is 6.07 Å². The zero-order valence-electron chi connectivity index (χ0n) is 9.67.